The van der Waals surface area contributed by atoms with Gasteiger partial charge in [-0.25, -0.2) is 4.79 Å². The highest BCUT2D eigenvalue weighted by atomic mass is 32.2. The minimum Gasteiger partial charge on any atom is -0.497 e. The average molecular weight is 290 g/mol. The third kappa shape index (κ3) is 3.45. The van der Waals surface area contributed by atoms with E-state index in [-0.39, 0.29) is 5.56 Å². The van der Waals surface area contributed by atoms with Crippen LogP contribution in [0.3, 0.4) is 0 Å². The van der Waals surface area contributed by atoms with E-state index >= 15 is 0 Å². The van der Waals surface area contributed by atoms with E-state index in [1.165, 1.54) is 12.1 Å². The zero-order valence-electron chi connectivity index (χ0n) is 10.9. The molecule has 4 nitrogen and oxygen atoms in total. The van der Waals surface area contributed by atoms with Crippen LogP contribution in [0.4, 0.5) is 0 Å². The highest BCUT2D eigenvalue weighted by Crippen LogP contribution is 2.16. The third-order valence-corrected chi connectivity index (χ3v) is 4.21. The van der Waals surface area contributed by atoms with E-state index < -0.39 is 16.8 Å². The van der Waals surface area contributed by atoms with E-state index in [1.807, 2.05) is 24.3 Å². The SMILES string of the molecule is COc1ccc(CS(=O)c2ccc(C(=O)O)cc2)cc1. The first kappa shape index (κ1) is 14.3. The number of benzene rings is 2. The topological polar surface area (TPSA) is 63.6 Å². The van der Waals surface area contributed by atoms with Gasteiger partial charge in [0.2, 0.25) is 0 Å². The highest BCUT2D eigenvalue weighted by Gasteiger charge is 2.07. The van der Waals surface area contributed by atoms with Gasteiger partial charge in [0.25, 0.3) is 0 Å². The highest BCUT2D eigenvalue weighted by molar-refractivity contribution is 7.84. The van der Waals surface area contributed by atoms with Crippen molar-refractivity contribution >= 4 is 16.8 Å². The van der Waals surface area contributed by atoms with Crippen LogP contribution < -0.4 is 4.74 Å². The fraction of sp³-hybridized carbons (Fsp3) is 0.133. The smallest absolute Gasteiger partial charge is 0.335 e. The van der Waals surface area contributed by atoms with Crippen LogP contribution in [-0.2, 0) is 16.6 Å². The van der Waals surface area contributed by atoms with E-state index in [0.717, 1.165) is 11.3 Å². The van der Waals surface area contributed by atoms with Gasteiger partial charge in [0.1, 0.15) is 5.75 Å². The second-order valence-electron chi connectivity index (χ2n) is 4.17. The molecule has 0 amide bonds. The Morgan fingerprint density at radius 3 is 2.20 bits per heavy atom. The van der Waals surface area contributed by atoms with Crippen molar-refractivity contribution < 1.29 is 18.8 Å². The maximum absolute atomic E-state index is 12.2. The Hall–Kier alpha value is -2.14. The Morgan fingerprint density at radius 1 is 1.10 bits per heavy atom. The van der Waals surface area contributed by atoms with Crippen molar-refractivity contribution in [1.82, 2.24) is 0 Å². The molecule has 2 aromatic carbocycles. The largest absolute Gasteiger partial charge is 0.497 e. The van der Waals surface area contributed by atoms with Crippen molar-refractivity contribution in [2.75, 3.05) is 7.11 Å². The number of carboxylic acid groups (broad SMARTS) is 1. The first-order valence-corrected chi connectivity index (χ1v) is 7.26. The normalized spacial score (nSPS) is 11.8. The van der Waals surface area contributed by atoms with E-state index in [1.54, 1.807) is 19.2 Å². The molecule has 1 atom stereocenters. The monoisotopic (exact) mass is 290 g/mol. The van der Waals surface area contributed by atoms with Crippen LogP contribution in [0, 0.1) is 0 Å². The van der Waals surface area contributed by atoms with Crippen LogP contribution in [0.2, 0.25) is 0 Å². The predicted octanol–water partition coefficient (Wildman–Crippen LogP) is 2.70. The number of carboxylic acids is 1. The zero-order chi connectivity index (χ0) is 14.5. The van der Waals surface area contributed by atoms with Crippen molar-refractivity contribution in [3.05, 3.63) is 59.7 Å². The van der Waals surface area contributed by atoms with Gasteiger partial charge in [-0.1, -0.05) is 12.1 Å². The number of hydrogen-bond donors (Lipinski definition) is 1. The maximum Gasteiger partial charge on any atom is 0.335 e. The van der Waals surface area contributed by atoms with E-state index in [2.05, 4.69) is 0 Å². The van der Waals surface area contributed by atoms with Crippen LogP contribution in [0.5, 0.6) is 5.75 Å². The summed E-state index contributed by atoms with van der Waals surface area (Å²) < 4.78 is 17.2. The third-order valence-electron chi connectivity index (χ3n) is 2.82. The molecule has 0 saturated heterocycles. The molecule has 0 aliphatic rings. The fourth-order valence-corrected chi connectivity index (χ4v) is 2.81. The van der Waals surface area contributed by atoms with Gasteiger partial charge in [0.05, 0.1) is 29.2 Å². The quantitative estimate of drug-likeness (QED) is 0.919. The molecule has 0 saturated carbocycles. The minimum absolute atomic E-state index is 0.190. The van der Waals surface area contributed by atoms with Crippen molar-refractivity contribution in [1.29, 1.82) is 0 Å². The maximum atomic E-state index is 12.2. The van der Waals surface area contributed by atoms with Crippen LogP contribution >= 0.6 is 0 Å². The number of aromatic carboxylic acids is 1. The Labute approximate surface area is 119 Å². The lowest BCUT2D eigenvalue weighted by molar-refractivity contribution is 0.0697. The zero-order valence-corrected chi connectivity index (χ0v) is 11.7. The number of methoxy groups -OCH3 is 1. The standard InChI is InChI=1S/C15H14O4S/c1-19-13-6-2-11(3-7-13)10-20(18)14-8-4-12(5-9-14)15(16)17/h2-9H,10H2,1H3,(H,16,17). The average Bonchev–Trinajstić information content (AvgIpc) is 2.48. The molecule has 1 unspecified atom stereocenters. The molecule has 0 spiro atoms. The number of ether oxygens (including phenoxy) is 1. The summed E-state index contributed by atoms with van der Waals surface area (Å²) in [5.41, 5.74) is 1.13. The molecule has 104 valence electrons. The van der Waals surface area contributed by atoms with Crippen LogP contribution in [-0.4, -0.2) is 22.4 Å². The molecule has 2 aromatic rings. The molecule has 0 fully saturated rings. The van der Waals surface area contributed by atoms with Gasteiger partial charge in [0.15, 0.2) is 0 Å². The molecule has 0 heterocycles. The van der Waals surface area contributed by atoms with Crippen LogP contribution in [0.25, 0.3) is 0 Å². The molecule has 1 N–H and O–H groups in total. The van der Waals surface area contributed by atoms with Crippen molar-refractivity contribution in [2.24, 2.45) is 0 Å². The molecule has 0 radical (unpaired) electrons. The first-order chi connectivity index (χ1) is 9.60. The van der Waals surface area contributed by atoms with E-state index in [9.17, 15) is 9.00 Å². The van der Waals surface area contributed by atoms with Gasteiger partial charge in [-0.05, 0) is 42.0 Å². The number of rotatable bonds is 5. The Balaban J connectivity index is 2.08. The molecular formula is C15H14O4S. The Bertz CT molecular complexity index is 617. The Morgan fingerprint density at radius 2 is 1.70 bits per heavy atom. The van der Waals surface area contributed by atoms with E-state index in [0.29, 0.717) is 10.6 Å². The second kappa shape index (κ2) is 6.34. The molecule has 0 aliphatic carbocycles. The summed E-state index contributed by atoms with van der Waals surface area (Å²) in [5.74, 6) is 0.152. The lowest BCUT2D eigenvalue weighted by atomic mass is 10.2. The minimum atomic E-state index is -1.20. The second-order valence-corrected chi connectivity index (χ2v) is 5.62. The predicted molar refractivity (Wildman–Crippen MR) is 76.5 cm³/mol. The van der Waals surface area contributed by atoms with Crippen molar-refractivity contribution in [2.45, 2.75) is 10.6 Å². The lowest BCUT2D eigenvalue weighted by Gasteiger charge is -2.05. The molecule has 0 bridgehead atoms. The summed E-state index contributed by atoms with van der Waals surface area (Å²) in [6, 6.07) is 13.5. The first-order valence-electron chi connectivity index (χ1n) is 5.95. The molecule has 0 aliphatic heterocycles. The van der Waals surface area contributed by atoms with Gasteiger partial charge in [-0.15, -0.1) is 0 Å². The van der Waals surface area contributed by atoms with Gasteiger partial charge in [0, 0.05) is 4.90 Å². The molecule has 20 heavy (non-hydrogen) atoms. The molecule has 5 heteroatoms. The summed E-state index contributed by atoms with van der Waals surface area (Å²) in [5, 5.41) is 8.81. The number of hydrogen-bond acceptors (Lipinski definition) is 3. The summed E-state index contributed by atoms with van der Waals surface area (Å²) in [4.78, 5) is 11.4. The molecule has 2 rings (SSSR count). The van der Waals surface area contributed by atoms with Crippen molar-refractivity contribution in [3.63, 3.8) is 0 Å². The van der Waals surface area contributed by atoms with Crippen LogP contribution in [0.15, 0.2) is 53.4 Å². The van der Waals surface area contributed by atoms with Gasteiger partial charge in [-0.2, -0.15) is 0 Å². The summed E-state index contributed by atoms with van der Waals surface area (Å²) in [6.45, 7) is 0. The summed E-state index contributed by atoms with van der Waals surface area (Å²) in [6.07, 6.45) is 0. The van der Waals surface area contributed by atoms with E-state index in [4.69, 9.17) is 9.84 Å². The fourth-order valence-electron chi connectivity index (χ4n) is 1.71. The summed E-state index contributed by atoms with van der Waals surface area (Å²) in [7, 11) is 0.396. The Kier molecular flexibility index (Phi) is 4.53. The van der Waals surface area contributed by atoms with Gasteiger partial charge in [-0.3, -0.25) is 4.21 Å². The summed E-state index contributed by atoms with van der Waals surface area (Å²) >= 11 is 0. The van der Waals surface area contributed by atoms with Crippen LogP contribution in [0.1, 0.15) is 15.9 Å². The molecular weight excluding hydrogens is 276 g/mol. The lowest BCUT2D eigenvalue weighted by Crippen LogP contribution is -1.99. The number of carbonyl (C=O) groups is 1. The van der Waals surface area contributed by atoms with Crippen molar-refractivity contribution in [3.8, 4) is 5.75 Å². The molecule has 0 aromatic heterocycles. The van der Waals surface area contributed by atoms with Gasteiger partial charge >= 0.3 is 5.97 Å². The van der Waals surface area contributed by atoms with Gasteiger partial charge < -0.3 is 9.84 Å².